The van der Waals surface area contributed by atoms with Crippen molar-refractivity contribution in [1.29, 1.82) is 0 Å². The van der Waals surface area contributed by atoms with Gasteiger partial charge in [-0.15, -0.1) is 5.10 Å². The van der Waals surface area contributed by atoms with Crippen LogP contribution in [-0.2, 0) is 14.4 Å². The van der Waals surface area contributed by atoms with Crippen LogP contribution in [0.25, 0.3) is 11.8 Å². The van der Waals surface area contributed by atoms with Gasteiger partial charge in [0.15, 0.2) is 0 Å². The maximum absolute atomic E-state index is 14.2. The fourth-order valence-electron chi connectivity index (χ4n) is 7.04. The Kier molecular flexibility index (Phi) is 7.57. The number of benzene rings is 2. The number of tetrazole rings is 1. The molecule has 0 spiro atoms. The lowest BCUT2D eigenvalue weighted by atomic mass is 9.57. The third-order valence-corrected chi connectivity index (χ3v) is 9.72. The highest BCUT2D eigenvalue weighted by Crippen LogP contribution is 2.52. The molecule has 3 aliphatic carbocycles. The number of hydrogen-bond donors (Lipinski definition) is 2. The van der Waals surface area contributed by atoms with Crippen LogP contribution in [0.5, 0.6) is 0 Å². The van der Waals surface area contributed by atoms with Gasteiger partial charge in [0.1, 0.15) is 12.4 Å². The number of carbonyl (C=O) groups is 3. The van der Waals surface area contributed by atoms with E-state index in [0.717, 1.165) is 18.4 Å². The number of rotatable bonds is 7. The number of carbonyl (C=O) groups excluding carboxylic acids is 2. The maximum Gasteiger partial charge on any atom is 0.309 e. The number of nitrogens with zero attached hydrogens (tertiary/aromatic N) is 5. The first-order chi connectivity index (χ1) is 20.3. The van der Waals surface area contributed by atoms with E-state index >= 15 is 0 Å². The lowest BCUT2D eigenvalue weighted by molar-refractivity contribution is -0.157. The molecule has 2 amide bonds. The van der Waals surface area contributed by atoms with Gasteiger partial charge in [-0.1, -0.05) is 41.9 Å². The van der Waals surface area contributed by atoms with Crippen molar-refractivity contribution in [2.24, 2.45) is 5.41 Å². The molecule has 0 radical (unpaired) electrons. The van der Waals surface area contributed by atoms with Gasteiger partial charge in [-0.25, -0.2) is 0 Å². The molecule has 1 aliphatic heterocycles. The lowest BCUT2D eigenvalue weighted by Crippen LogP contribution is -2.63. The molecule has 3 aromatic rings. The van der Waals surface area contributed by atoms with Crippen LogP contribution in [0.15, 0.2) is 60.9 Å². The van der Waals surface area contributed by atoms with Crippen LogP contribution in [0, 0.1) is 5.41 Å². The Morgan fingerprint density at radius 2 is 1.76 bits per heavy atom. The molecule has 2 N–H and O–H groups in total. The second-order valence-electron chi connectivity index (χ2n) is 11.8. The van der Waals surface area contributed by atoms with Gasteiger partial charge in [0.2, 0.25) is 11.8 Å². The summed E-state index contributed by atoms with van der Waals surface area (Å²) in [5.74, 6) is -1.34. The maximum atomic E-state index is 14.2. The molecule has 2 bridgehead atoms. The van der Waals surface area contributed by atoms with E-state index in [4.69, 9.17) is 11.6 Å². The molecule has 1 saturated heterocycles. The van der Waals surface area contributed by atoms with E-state index in [2.05, 4.69) is 20.8 Å². The number of aliphatic carboxylic acids is 1. The zero-order valence-corrected chi connectivity index (χ0v) is 23.9. The molecule has 2 aromatic carbocycles. The number of amides is 2. The van der Waals surface area contributed by atoms with Crippen molar-refractivity contribution in [1.82, 2.24) is 30.4 Å². The molecule has 2 atom stereocenters. The summed E-state index contributed by atoms with van der Waals surface area (Å²) >= 11 is 6.27. The Hall–Kier alpha value is -4.05. The van der Waals surface area contributed by atoms with Gasteiger partial charge in [-0.05, 0) is 91.6 Å². The van der Waals surface area contributed by atoms with E-state index in [-0.39, 0.29) is 17.7 Å². The number of halogens is 1. The fourth-order valence-corrected chi connectivity index (χ4v) is 7.22. The monoisotopic (exact) mass is 588 g/mol. The minimum atomic E-state index is -0.731. The third-order valence-electron chi connectivity index (χ3n) is 9.49. The van der Waals surface area contributed by atoms with Crippen LogP contribution in [0.4, 0.5) is 0 Å². The molecule has 4 fully saturated rings. The van der Waals surface area contributed by atoms with E-state index < -0.39 is 23.0 Å². The van der Waals surface area contributed by atoms with Gasteiger partial charge in [0.25, 0.3) is 0 Å². The Balaban J connectivity index is 1.28. The highest BCUT2D eigenvalue weighted by atomic mass is 35.5. The van der Waals surface area contributed by atoms with Crippen molar-refractivity contribution in [3.8, 4) is 5.69 Å². The van der Waals surface area contributed by atoms with Crippen LogP contribution in [0.3, 0.4) is 0 Å². The molecule has 2 heterocycles. The van der Waals surface area contributed by atoms with Gasteiger partial charge in [-0.3, -0.25) is 14.4 Å². The minimum absolute atomic E-state index is 0.165. The average molecular weight is 589 g/mol. The lowest BCUT2D eigenvalue weighted by Gasteiger charge is -2.52. The summed E-state index contributed by atoms with van der Waals surface area (Å²) in [5, 5.41) is 25.0. The topological polar surface area (TPSA) is 130 Å². The molecular weight excluding hydrogens is 556 g/mol. The molecule has 42 heavy (non-hydrogen) atoms. The number of likely N-dealkylation sites (tertiary alicyclic amines) is 1. The van der Waals surface area contributed by atoms with E-state index in [0.29, 0.717) is 61.3 Å². The molecule has 1 aromatic heterocycles. The number of aromatic nitrogens is 4. The smallest absolute Gasteiger partial charge is 0.309 e. The summed E-state index contributed by atoms with van der Waals surface area (Å²) < 4.78 is 1.50. The number of fused-ring (bicyclic) bond motifs is 3. The molecule has 10 nitrogen and oxygen atoms in total. The molecule has 7 rings (SSSR count). The highest BCUT2D eigenvalue weighted by molar-refractivity contribution is 6.30. The normalized spacial score (nSPS) is 27.2. The first-order valence-corrected chi connectivity index (χ1v) is 14.8. The molecule has 3 saturated carbocycles. The van der Waals surface area contributed by atoms with Gasteiger partial charge < -0.3 is 15.3 Å². The van der Waals surface area contributed by atoms with Crippen molar-refractivity contribution in [2.45, 2.75) is 68.9 Å². The number of piperidine rings is 1. The van der Waals surface area contributed by atoms with Crippen molar-refractivity contribution in [2.75, 3.05) is 6.54 Å². The highest BCUT2D eigenvalue weighted by Gasteiger charge is 2.54. The Morgan fingerprint density at radius 1 is 1.02 bits per heavy atom. The quantitative estimate of drug-likeness (QED) is 0.391. The second kappa shape index (κ2) is 11.3. The first-order valence-electron chi connectivity index (χ1n) is 14.4. The number of nitrogens with one attached hydrogen (secondary N) is 1. The standard InChI is InChI=1S/C31H33ClN6O4/c32-23-9-10-25(38-20-33-35-36-38)22(19-23)8-11-26(39)37-18-4-7-24(21-5-2-1-3-6-21)27(37)28(40)34-31-15-12-30(13-16-31,14-17-31)29(41)42/h1-3,5-6,8-11,19-20,24,27H,4,7,12-18H2,(H,34,40)(H,41,42)/b11-8+. The van der Waals surface area contributed by atoms with Crippen LogP contribution in [-0.4, -0.2) is 66.1 Å². The molecule has 4 aliphatic rings. The Labute approximate surface area is 248 Å². The largest absolute Gasteiger partial charge is 0.481 e. The van der Waals surface area contributed by atoms with E-state index in [1.807, 2.05) is 30.3 Å². The van der Waals surface area contributed by atoms with Crippen molar-refractivity contribution in [3.05, 3.63) is 77.1 Å². The second-order valence-corrected chi connectivity index (χ2v) is 12.2. The fraction of sp³-hybridized carbons (Fsp3) is 0.419. The van der Waals surface area contributed by atoms with Crippen LogP contribution >= 0.6 is 11.6 Å². The average Bonchev–Trinajstić information content (AvgIpc) is 3.55. The van der Waals surface area contributed by atoms with Gasteiger partial charge >= 0.3 is 5.97 Å². The number of hydrogen-bond acceptors (Lipinski definition) is 6. The van der Waals surface area contributed by atoms with Gasteiger partial charge in [0, 0.05) is 34.7 Å². The van der Waals surface area contributed by atoms with Crippen molar-refractivity contribution < 1.29 is 19.5 Å². The summed E-state index contributed by atoms with van der Waals surface area (Å²) in [5.41, 5.74) is 1.24. The minimum Gasteiger partial charge on any atom is -0.481 e. The van der Waals surface area contributed by atoms with Crippen LogP contribution in [0.1, 0.15) is 68.4 Å². The van der Waals surface area contributed by atoms with E-state index in [9.17, 15) is 19.5 Å². The first kappa shape index (κ1) is 28.1. The summed E-state index contributed by atoms with van der Waals surface area (Å²) in [4.78, 5) is 41.6. The van der Waals surface area contributed by atoms with Crippen molar-refractivity contribution >= 4 is 35.5 Å². The predicted octanol–water partition coefficient (Wildman–Crippen LogP) is 4.40. The summed E-state index contributed by atoms with van der Waals surface area (Å²) in [6, 6.07) is 14.4. The molecule has 218 valence electrons. The third kappa shape index (κ3) is 5.31. The Bertz CT molecular complexity index is 1480. The molecular formula is C31H33ClN6O4. The van der Waals surface area contributed by atoms with Crippen LogP contribution in [0.2, 0.25) is 5.02 Å². The van der Waals surface area contributed by atoms with Crippen molar-refractivity contribution in [3.63, 3.8) is 0 Å². The molecule has 11 heteroatoms. The van der Waals surface area contributed by atoms with Gasteiger partial charge in [-0.2, -0.15) is 4.68 Å². The van der Waals surface area contributed by atoms with E-state index in [1.54, 1.807) is 29.2 Å². The summed E-state index contributed by atoms with van der Waals surface area (Å²) in [6.07, 6.45) is 9.76. The van der Waals surface area contributed by atoms with Crippen LogP contribution < -0.4 is 5.32 Å². The number of carboxylic acids is 1. The number of carboxylic acid groups (broad SMARTS) is 1. The zero-order valence-electron chi connectivity index (χ0n) is 23.2. The van der Waals surface area contributed by atoms with E-state index in [1.165, 1.54) is 17.1 Å². The zero-order chi connectivity index (χ0) is 29.3. The Morgan fingerprint density at radius 3 is 2.43 bits per heavy atom. The van der Waals surface area contributed by atoms with Gasteiger partial charge in [0.05, 0.1) is 11.1 Å². The SMILES string of the molecule is O=C(NC12CCC(C(=O)O)(CC1)CC2)C1C(c2ccccc2)CCCN1C(=O)/C=C/c1cc(Cl)ccc1-n1cnnn1. The summed E-state index contributed by atoms with van der Waals surface area (Å²) in [6.45, 7) is 0.453. The predicted molar refractivity (Wildman–Crippen MR) is 156 cm³/mol. The summed E-state index contributed by atoms with van der Waals surface area (Å²) in [7, 11) is 0. The molecule has 2 unspecified atom stereocenters.